The van der Waals surface area contributed by atoms with E-state index in [0.717, 1.165) is 0 Å². The van der Waals surface area contributed by atoms with E-state index < -0.39 is 0 Å². The molecule has 0 saturated carbocycles. The van der Waals surface area contributed by atoms with Gasteiger partial charge in [0.05, 0.1) is 12.4 Å². The second-order valence-electron chi connectivity index (χ2n) is 1.07. The molecule has 0 unspecified atom stereocenters. The van der Waals surface area contributed by atoms with E-state index in [9.17, 15) is 5.11 Å². The molecule has 0 fully saturated rings. The molecule has 1 radical (unpaired) electrons. The predicted octanol–water partition coefficient (Wildman–Crippen LogP) is 0.620. The molecule has 0 saturated heterocycles. The Bertz CT molecular complexity index is 140. The van der Waals surface area contributed by atoms with Crippen LogP contribution < -0.4 is 0 Å². The van der Waals surface area contributed by atoms with Crippen molar-refractivity contribution in [3.05, 3.63) is 18.7 Å². The molecule has 7 heavy (non-hydrogen) atoms. The summed E-state index contributed by atoms with van der Waals surface area (Å²) < 4.78 is 0. The highest BCUT2D eigenvalue weighted by atomic mass is 16.3. The maximum Gasteiger partial charge on any atom is 0.215 e. The van der Waals surface area contributed by atoms with Crippen molar-refractivity contribution in [2.24, 2.45) is 0 Å². The average molecular weight is 95.1 g/mol. The first kappa shape index (κ1) is 4.05. The van der Waals surface area contributed by atoms with E-state index in [4.69, 9.17) is 0 Å². The molecule has 0 atom stereocenters. The van der Waals surface area contributed by atoms with Crippen molar-refractivity contribution in [1.82, 2.24) is 9.97 Å². The summed E-state index contributed by atoms with van der Waals surface area (Å²) in [5.41, 5.74) is 0. The predicted molar refractivity (Wildman–Crippen MR) is 22.2 cm³/mol. The van der Waals surface area contributed by atoms with E-state index in [1.165, 1.54) is 18.7 Å². The number of hydrogen-bond acceptors (Lipinski definition) is 2. The zero-order chi connectivity index (χ0) is 5.11. The van der Waals surface area contributed by atoms with Gasteiger partial charge in [-0.2, -0.15) is 0 Å². The van der Waals surface area contributed by atoms with Crippen molar-refractivity contribution in [3.63, 3.8) is 0 Å². The molecule has 0 aliphatic carbocycles. The zero-order valence-corrected chi connectivity index (χ0v) is 3.53. The van der Waals surface area contributed by atoms with Crippen molar-refractivity contribution in [2.75, 3.05) is 0 Å². The van der Waals surface area contributed by atoms with Crippen LogP contribution in [0.4, 0.5) is 0 Å². The molecule has 0 aliphatic heterocycles. The third-order valence-corrected chi connectivity index (χ3v) is 0.537. The van der Waals surface area contributed by atoms with Gasteiger partial charge in [0.15, 0.2) is 0 Å². The quantitative estimate of drug-likeness (QED) is 0.474. The fraction of sp³-hybridized carbons (Fsp3) is 0. The third-order valence-electron chi connectivity index (χ3n) is 0.537. The molecule has 1 aromatic rings. The van der Waals surface area contributed by atoms with Crippen molar-refractivity contribution < 1.29 is 5.11 Å². The van der Waals surface area contributed by atoms with Gasteiger partial charge < -0.3 is 0 Å². The minimum Gasteiger partial charge on any atom is -0.286 e. The van der Waals surface area contributed by atoms with Crippen molar-refractivity contribution in [3.8, 4) is 5.75 Å². The smallest absolute Gasteiger partial charge is 0.215 e. The van der Waals surface area contributed by atoms with Crippen LogP contribution in [0.25, 0.3) is 0 Å². The summed E-state index contributed by atoms with van der Waals surface area (Å²) in [4.78, 5) is 6.92. The van der Waals surface area contributed by atoms with Crippen LogP contribution in [0.15, 0.2) is 18.7 Å². The Morgan fingerprint density at radius 3 is 2.14 bits per heavy atom. The minimum atomic E-state index is -0.150. The highest BCUT2D eigenvalue weighted by Crippen LogP contribution is 1.98. The Balaban J connectivity index is 3.02. The standard InChI is InChI=1S/C4H3N2O/c7-4-1-5-3-6-2-4/h1-3H. The van der Waals surface area contributed by atoms with Gasteiger partial charge in [0, 0.05) is 0 Å². The molecular weight excluding hydrogens is 92.1 g/mol. The summed E-state index contributed by atoms with van der Waals surface area (Å²) in [7, 11) is 0. The van der Waals surface area contributed by atoms with Gasteiger partial charge in [-0.3, -0.25) is 5.11 Å². The number of aromatic nitrogens is 2. The Labute approximate surface area is 40.7 Å². The van der Waals surface area contributed by atoms with Crippen LogP contribution in [0, 0.1) is 0 Å². The second kappa shape index (κ2) is 1.55. The van der Waals surface area contributed by atoms with Crippen LogP contribution in [0.3, 0.4) is 0 Å². The first-order chi connectivity index (χ1) is 3.39. The van der Waals surface area contributed by atoms with Crippen molar-refractivity contribution in [1.29, 1.82) is 0 Å². The zero-order valence-electron chi connectivity index (χ0n) is 3.53. The Kier molecular flexibility index (Phi) is 0.898. The molecule has 0 amide bonds. The molecule has 1 heterocycles. The van der Waals surface area contributed by atoms with Gasteiger partial charge in [0.2, 0.25) is 5.75 Å². The lowest BCUT2D eigenvalue weighted by Crippen LogP contribution is -1.69. The van der Waals surface area contributed by atoms with E-state index in [0.29, 0.717) is 0 Å². The van der Waals surface area contributed by atoms with Gasteiger partial charge >= 0.3 is 0 Å². The van der Waals surface area contributed by atoms with Gasteiger partial charge in [-0.15, -0.1) is 0 Å². The van der Waals surface area contributed by atoms with Crippen LogP contribution in [-0.2, 0) is 5.11 Å². The molecule has 0 spiro atoms. The van der Waals surface area contributed by atoms with Crippen LogP contribution in [0.2, 0.25) is 0 Å². The lowest BCUT2D eigenvalue weighted by Gasteiger charge is -1.76. The van der Waals surface area contributed by atoms with Crippen LogP contribution in [0.5, 0.6) is 5.75 Å². The maximum absolute atomic E-state index is 10.1. The summed E-state index contributed by atoms with van der Waals surface area (Å²) in [6.07, 6.45) is 3.75. The van der Waals surface area contributed by atoms with E-state index in [2.05, 4.69) is 9.97 Å². The average Bonchev–Trinajstić information content (AvgIpc) is 1.69. The monoisotopic (exact) mass is 95.0 g/mol. The molecular formula is C4H3N2O. The van der Waals surface area contributed by atoms with E-state index in [1.54, 1.807) is 0 Å². The van der Waals surface area contributed by atoms with Crippen molar-refractivity contribution >= 4 is 0 Å². The highest BCUT2D eigenvalue weighted by Gasteiger charge is 1.81. The second-order valence-corrected chi connectivity index (χ2v) is 1.07. The van der Waals surface area contributed by atoms with Gasteiger partial charge in [-0.25, -0.2) is 9.97 Å². The molecule has 3 nitrogen and oxygen atoms in total. The largest absolute Gasteiger partial charge is 0.286 e. The van der Waals surface area contributed by atoms with E-state index in [1.807, 2.05) is 0 Å². The topological polar surface area (TPSA) is 45.7 Å². The molecule has 1 aromatic heterocycles. The van der Waals surface area contributed by atoms with Crippen LogP contribution in [0.1, 0.15) is 0 Å². The molecule has 0 N–H and O–H groups in total. The molecule has 0 aromatic carbocycles. The summed E-state index contributed by atoms with van der Waals surface area (Å²) in [5.74, 6) is -0.150. The summed E-state index contributed by atoms with van der Waals surface area (Å²) in [6.45, 7) is 0. The lowest BCUT2D eigenvalue weighted by molar-refractivity contribution is 0.351. The van der Waals surface area contributed by atoms with Gasteiger partial charge in [0.1, 0.15) is 6.33 Å². The van der Waals surface area contributed by atoms with E-state index >= 15 is 0 Å². The molecule has 0 bridgehead atoms. The van der Waals surface area contributed by atoms with Gasteiger partial charge in [-0.1, -0.05) is 0 Å². The molecule has 35 valence electrons. The summed E-state index contributed by atoms with van der Waals surface area (Å²) in [6, 6.07) is 0. The minimum absolute atomic E-state index is 0.150. The molecule has 3 heteroatoms. The van der Waals surface area contributed by atoms with Crippen molar-refractivity contribution in [2.45, 2.75) is 0 Å². The van der Waals surface area contributed by atoms with Crippen LogP contribution >= 0.6 is 0 Å². The van der Waals surface area contributed by atoms with Gasteiger partial charge in [0.25, 0.3) is 0 Å². The third kappa shape index (κ3) is 0.855. The first-order valence-electron chi connectivity index (χ1n) is 1.81. The lowest BCUT2D eigenvalue weighted by atomic mass is 10.6. The maximum atomic E-state index is 10.1. The fourth-order valence-corrected chi connectivity index (χ4v) is 0.285. The Hall–Kier alpha value is -1.12. The normalized spacial score (nSPS) is 8.57. The van der Waals surface area contributed by atoms with E-state index in [-0.39, 0.29) is 5.75 Å². The Morgan fingerprint density at radius 2 is 1.86 bits per heavy atom. The fourth-order valence-electron chi connectivity index (χ4n) is 0.285. The number of rotatable bonds is 0. The molecule has 1 rings (SSSR count). The SMILES string of the molecule is [O]c1cncnc1. The highest BCUT2D eigenvalue weighted by molar-refractivity contribution is 5.05. The molecule has 0 aliphatic rings. The summed E-state index contributed by atoms with van der Waals surface area (Å²) in [5, 5.41) is 10.1. The van der Waals surface area contributed by atoms with Gasteiger partial charge in [-0.05, 0) is 0 Å². The summed E-state index contributed by atoms with van der Waals surface area (Å²) >= 11 is 0. The Morgan fingerprint density at radius 1 is 1.29 bits per heavy atom. The van der Waals surface area contributed by atoms with Crippen LogP contribution in [-0.4, -0.2) is 9.97 Å². The number of hydrogen-bond donors (Lipinski definition) is 0. The number of nitrogens with zero attached hydrogens (tertiary/aromatic N) is 2. The first-order valence-corrected chi connectivity index (χ1v) is 1.81.